The maximum Gasteiger partial charge on any atom is 0.303 e. The van der Waals surface area contributed by atoms with E-state index in [2.05, 4.69) is 4.90 Å². The summed E-state index contributed by atoms with van der Waals surface area (Å²) >= 11 is 0. The molecule has 4 rings (SSSR count). The summed E-state index contributed by atoms with van der Waals surface area (Å²) in [6, 6.07) is 14.8. The Hall–Kier alpha value is -2.85. The zero-order chi connectivity index (χ0) is 27.0. The van der Waals surface area contributed by atoms with Crippen LogP contribution in [-0.2, 0) is 35.5 Å². The number of hydrogen-bond donors (Lipinski definition) is 1. The van der Waals surface area contributed by atoms with E-state index >= 15 is 0 Å². The summed E-state index contributed by atoms with van der Waals surface area (Å²) in [7, 11) is -3.59. The molecule has 2 aromatic rings. The van der Waals surface area contributed by atoms with Crippen LogP contribution in [-0.4, -0.2) is 68.6 Å². The zero-order valence-electron chi connectivity index (χ0n) is 21.4. The number of unbranched alkanes of at least 4 members (excludes halogenated alkanes) is 1. The van der Waals surface area contributed by atoms with Crippen molar-refractivity contribution in [1.82, 2.24) is 4.90 Å². The number of allylic oxidation sites excluding steroid dienone is 2. The van der Waals surface area contributed by atoms with Crippen molar-refractivity contribution in [2.24, 2.45) is 5.92 Å². The summed E-state index contributed by atoms with van der Waals surface area (Å²) in [6.45, 7) is 2.90. The third-order valence-electron chi connectivity index (χ3n) is 7.14. The minimum atomic E-state index is -3.59. The lowest BCUT2D eigenvalue weighted by Gasteiger charge is -2.35. The van der Waals surface area contributed by atoms with E-state index < -0.39 is 15.8 Å². The monoisotopic (exact) mass is 541 g/mol. The van der Waals surface area contributed by atoms with Gasteiger partial charge in [0, 0.05) is 31.8 Å². The van der Waals surface area contributed by atoms with E-state index in [9.17, 15) is 18.0 Å². The van der Waals surface area contributed by atoms with Crippen molar-refractivity contribution in [3.05, 3.63) is 72.3 Å². The van der Waals surface area contributed by atoms with Crippen LogP contribution in [0.15, 0.2) is 76.5 Å². The molecule has 0 bridgehead atoms. The van der Waals surface area contributed by atoms with Crippen LogP contribution in [0.4, 0.5) is 0 Å². The summed E-state index contributed by atoms with van der Waals surface area (Å²) in [4.78, 5) is 26.5. The summed E-state index contributed by atoms with van der Waals surface area (Å²) < 4.78 is 37.5. The first-order valence-corrected chi connectivity index (χ1v) is 14.6. The van der Waals surface area contributed by atoms with Crippen molar-refractivity contribution < 1.29 is 32.6 Å². The SMILES string of the molecule is O=C(O)CCCC=CC[C@H]1[C@@H](OCc2ccc(S(=O)(=O)c3ccccc3)cc2)CC(=O)[C@@H]1N1CCOCC1. The van der Waals surface area contributed by atoms with Crippen LogP contribution in [0.25, 0.3) is 0 Å². The number of Topliss-reactive ketones (excluding diaryl/α,β-unsaturated/α-hetero) is 1. The smallest absolute Gasteiger partial charge is 0.303 e. The van der Waals surface area contributed by atoms with Gasteiger partial charge < -0.3 is 14.6 Å². The number of hydrogen-bond acceptors (Lipinski definition) is 7. The lowest BCUT2D eigenvalue weighted by Crippen LogP contribution is -2.49. The van der Waals surface area contributed by atoms with Crippen molar-refractivity contribution in [2.45, 2.75) is 60.6 Å². The molecule has 3 atom stereocenters. The highest BCUT2D eigenvalue weighted by Crippen LogP contribution is 2.34. The lowest BCUT2D eigenvalue weighted by molar-refractivity contribution is -0.137. The zero-order valence-corrected chi connectivity index (χ0v) is 22.2. The summed E-state index contributed by atoms with van der Waals surface area (Å²) in [5, 5.41) is 8.82. The molecule has 1 aliphatic heterocycles. The second-order valence-electron chi connectivity index (χ2n) is 9.73. The molecular formula is C29H35NO7S. The van der Waals surface area contributed by atoms with Crippen molar-refractivity contribution >= 4 is 21.6 Å². The first kappa shape index (κ1) is 28.2. The van der Waals surface area contributed by atoms with Gasteiger partial charge >= 0.3 is 5.97 Å². The van der Waals surface area contributed by atoms with Gasteiger partial charge in [0.1, 0.15) is 0 Å². The average Bonchev–Trinajstić information content (AvgIpc) is 3.25. The van der Waals surface area contributed by atoms with E-state index in [0.717, 1.165) is 5.56 Å². The number of carboxylic acids is 1. The fraction of sp³-hybridized carbons (Fsp3) is 0.448. The molecule has 2 aliphatic rings. The molecular weight excluding hydrogens is 506 g/mol. The molecule has 1 saturated heterocycles. The number of ketones is 1. The molecule has 0 aromatic heterocycles. The first-order chi connectivity index (χ1) is 18.4. The van der Waals surface area contributed by atoms with E-state index in [1.165, 1.54) is 0 Å². The Kier molecular flexibility index (Phi) is 9.85. The highest BCUT2D eigenvalue weighted by Gasteiger charge is 2.45. The van der Waals surface area contributed by atoms with E-state index in [1.807, 2.05) is 12.2 Å². The van der Waals surface area contributed by atoms with Gasteiger partial charge in [-0.3, -0.25) is 14.5 Å². The minimum absolute atomic E-state index is 0.0194. The van der Waals surface area contributed by atoms with E-state index in [-0.39, 0.29) is 46.7 Å². The fourth-order valence-corrected chi connectivity index (χ4v) is 6.43. The molecule has 1 aliphatic carbocycles. The average molecular weight is 542 g/mol. The number of carboxylic acid groups (broad SMARTS) is 1. The van der Waals surface area contributed by atoms with Gasteiger partial charge in [-0.1, -0.05) is 42.5 Å². The minimum Gasteiger partial charge on any atom is -0.481 e. The number of carbonyl (C=O) groups is 2. The van der Waals surface area contributed by atoms with Gasteiger partial charge in [0.2, 0.25) is 9.84 Å². The van der Waals surface area contributed by atoms with E-state index in [4.69, 9.17) is 14.6 Å². The van der Waals surface area contributed by atoms with Gasteiger partial charge in [0.15, 0.2) is 5.78 Å². The van der Waals surface area contributed by atoms with Crippen molar-refractivity contribution in [1.29, 1.82) is 0 Å². The lowest BCUT2D eigenvalue weighted by atomic mass is 9.95. The van der Waals surface area contributed by atoms with Gasteiger partial charge in [0.05, 0.1) is 41.8 Å². The van der Waals surface area contributed by atoms with Crippen LogP contribution in [0, 0.1) is 5.92 Å². The molecule has 0 unspecified atom stereocenters. The quantitative estimate of drug-likeness (QED) is 0.318. The van der Waals surface area contributed by atoms with Crippen LogP contribution < -0.4 is 0 Å². The van der Waals surface area contributed by atoms with Gasteiger partial charge in [-0.05, 0) is 49.1 Å². The molecule has 0 radical (unpaired) electrons. The van der Waals surface area contributed by atoms with Crippen LogP contribution in [0.5, 0.6) is 0 Å². The van der Waals surface area contributed by atoms with Gasteiger partial charge in [0.25, 0.3) is 0 Å². The normalized spacial score (nSPS) is 22.7. The van der Waals surface area contributed by atoms with Crippen molar-refractivity contribution in [2.75, 3.05) is 26.3 Å². The predicted molar refractivity (Wildman–Crippen MR) is 141 cm³/mol. The van der Waals surface area contributed by atoms with Crippen molar-refractivity contribution in [3.63, 3.8) is 0 Å². The number of nitrogens with zero attached hydrogens (tertiary/aromatic N) is 1. The Labute approximate surface area is 224 Å². The standard InChI is InChI=1S/C29H35NO7S/c31-26-20-27(25(10-6-1-2-7-11-28(32)33)29(26)30-16-18-36-19-17-30)37-21-22-12-14-24(15-13-22)38(34,35)23-8-4-3-5-9-23/h1,3-6,8-9,12-15,25,27,29H,2,7,10-11,16-21H2,(H,32,33)/t25-,27-,29+/m0/s1. The number of rotatable bonds is 12. The molecule has 1 N–H and O–H groups in total. The number of sulfone groups is 1. The van der Waals surface area contributed by atoms with Gasteiger partial charge in [-0.2, -0.15) is 0 Å². The predicted octanol–water partition coefficient (Wildman–Crippen LogP) is 3.90. The first-order valence-electron chi connectivity index (χ1n) is 13.1. The van der Waals surface area contributed by atoms with Crippen LogP contribution >= 0.6 is 0 Å². The fourth-order valence-electron chi connectivity index (χ4n) is 5.15. The number of carbonyl (C=O) groups excluding carboxylic acids is 1. The molecule has 9 heteroatoms. The van der Waals surface area contributed by atoms with Crippen LogP contribution in [0.3, 0.4) is 0 Å². The molecule has 38 heavy (non-hydrogen) atoms. The molecule has 2 aromatic carbocycles. The summed E-state index contributed by atoms with van der Waals surface area (Å²) in [5.74, 6) is -0.647. The Morgan fingerprint density at radius 1 is 1.03 bits per heavy atom. The van der Waals surface area contributed by atoms with Crippen LogP contribution in [0.1, 0.15) is 37.7 Å². The molecule has 1 heterocycles. The van der Waals surface area contributed by atoms with Crippen molar-refractivity contribution in [3.8, 4) is 0 Å². The molecule has 0 spiro atoms. The maximum absolute atomic E-state index is 13.1. The molecule has 2 fully saturated rings. The Bertz CT molecular complexity index is 1210. The third-order valence-corrected chi connectivity index (χ3v) is 8.93. The molecule has 0 amide bonds. The molecule has 204 valence electrons. The number of ether oxygens (including phenoxy) is 2. The maximum atomic E-state index is 13.1. The molecule has 1 saturated carbocycles. The number of benzene rings is 2. The molecule has 8 nitrogen and oxygen atoms in total. The topological polar surface area (TPSA) is 110 Å². The van der Waals surface area contributed by atoms with Gasteiger partial charge in [-0.15, -0.1) is 0 Å². The van der Waals surface area contributed by atoms with E-state index in [0.29, 0.717) is 52.0 Å². The van der Waals surface area contributed by atoms with E-state index in [1.54, 1.807) is 54.6 Å². The number of morpholine rings is 1. The highest BCUT2D eigenvalue weighted by atomic mass is 32.2. The second kappa shape index (κ2) is 13.3. The summed E-state index contributed by atoms with van der Waals surface area (Å²) in [5.41, 5.74) is 0.835. The Morgan fingerprint density at radius 2 is 1.71 bits per heavy atom. The highest BCUT2D eigenvalue weighted by molar-refractivity contribution is 7.91. The Morgan fingerprint density at radius 3 is 2.39 bits per heavy atom. The second-order valence-corrected chi connectivity index (χ2v) is 11.7. The van der Waals surface area contributed by atoms with Crippen LogP contribution in [0.2, 0.25) is 0 Å². The Balaban J connectivity index is 1.41. The third kappa shape index (κ3) is 7.17. The number of aliphatic carboxylic acids is 1. The summed E-state index contributed by atoms with van der Waals surface area (Å²) in [6.07, 6.45) is 6.17. The van der Waals surface area contributed by atoms with Gasteiger partial charge in [-0.25, -0.2) is 8.42 Å². The largest absolute Gasteiger partial charge is 0.481 e.